The fraction of sp³-hybridized carbons (Fsp3) is 0.167. The summed E-state index contributed by atoms with van der Waals surface area (Å²) >= 11 is 1.33. The van der Waals surface area contributed by atoms with Gasteiger partial charge in [0.2, 0.25) is 0 Å². The Kier molecular flexibility index (Phi) is 4.10. The summed E-state index contributed by atoms with van der Waals surface area (Å²) in [7, 11) is 0. The zero-order valence-electron chi connectivity index (χ0n) is 12.2. The molecule has 0 saturated carbocycles. The number of fused-ring (bicyclic) bond motifs is 1. The van der Waals surface area contributed by atoms with Crippen LogP contribution in [-0.4, -0.2) is 4.37 Å². The van der Waals surface area contributed by atoms with Crippen LogP contribution in [0.4, 0.5) is 13.2 Å². The van der Waals surface area contributed by atoms with Crippen molar-refractivity contribution in [3.8, 4) is 23.1 Å². The number of rotatable bonds is 1. The Balaban J connectivity index is 2.00. The number of nitrogens with zero attached hydrogens (tertiary/aromatic N) is 1. The maximum absolute atomic E-state index is 12.6. The SMILES string of the molecule is CCC#Cc1ccc2c(-c3ccc(C(F)(F)F)cc3)nsc2c1. The van der Waals surface area contributed by atoms with E-state index in [1.165, 1.54) is 23.7 Å². The molecule has 5 heteroatoms. The van der Waals surface area contributed by atoms with E-state index >= 15 is 0 Å². The molecule has 0 spiro atoms. The minimum Gasteiger partial charge on any atom is -0.191 e. The lowest BCUT2D eigenvalue weighted by molar-refractivity contribution is -0.137. The molecule has 0 radical (unpaired) electrons. The second kappa shape index (κ2) is 6.05. The minimum atomic E-state index is -4.32. The summed E-state index contributed by atoms with van der Waals surface area (Å²) < 4.78 is 43.3. The third kappa shape index (κ3) is 3.22. The standard InChI is InChI=1S/C18H12F3NS/c1-2-3-4-12-5-10-15-16(11-12)23-22-17(15)13-6-8-14(9-7-13)18(19,20)21/h5-11H,2H2,1H3. The zero-order valence-corrected chi connectivity index (χ0v) is 13.1. The molecule has 0 amide bonds. The maximum Gasteiger partial charge on any atom is 0.416 e. The number of benzene rings is 2. The first-order valence-electron chi connectivity index (χ1n) is 7.05. The van der Waals surface area contributed by atoms with Crippen molar-refractivity contribution in [3.05, 3.63) is 53.6 Å². The molecule has 116 valence electrons. The fourth-order valence-corrected chi connectivity index (χ4v) is 3.07. The number of alkyl halides is 3. The van der Waals surface area contributed by atoms with Crippen molar-refractivity contribution in [2.24, 2.45) is 0 Å². The van der Waals surface area contributed by atoms with Crippen LogP contribution in [0.2, 0.25) is 0 Å². The predicted molar refractivity (Wildman–Crippen MR) is 87.2 cm³/mol. The van der Waals surface area contributed by atoms with Crippen LogP contribution in [0.3, 0.4) is 0 Å². The molecule has 3 rings (SSSR count). The van der Waals surface area contributed by atoms with Gasteiger partial charge < -0.3 is 0 Å². The average molecular weight is 331 g/mol. The molecular weight excluding hydrogens is 319 g/mol. The highest BCUT2D eigenvalue weighted by Crippen LogP contribution is 2.34. The molecule has 3 aromatic rings. The summed E-state index contributed by atoms with van der Waals surface area (Å²) in [6.45, 7) is 1.99. The number of hydrogen-bond acceptors (Lipinski definition) is 2. The summed E-state index contributed by atoms with van der Waals surface area (Å²) in [5, 5.41) is 0.928. The highest BCUT2D eigenvalue weighted by atomic mass is 32.1. The van der Waals surface area contributed by atoms with E-state index in [1.807, 2.05) is 25.1 Å². The summed E-state index contributed by atoms with van der Waals surface area (Å²) in [6, 6.07) is 10.9. The van der Waals surface area contributed by atoms with Crippen molar-refractivity contribution in [3.63, 3.8) is 0 Å². The van der Waals surface area contributed by atoms with Gasteiger partial charge >= 0.3 is 6.18 Å². The first-order valence-corrected chi connectivity index (χ1v) is 7.82. The molecule has 0 atom stereocenters. The molecule has 1 heterocycles. The molecule has 0 saturated heterocycles. The van der Waals surface area contributed by atoms with Gasteiger partial charge in [-0.1, -0.05) is 37.0 Å². The smallest absolute Gasteiger partial charge is 0.191 e. The largest absolute Gasteiger partial charge is 0.416 e. The highest BCUT2D eigenvalue weighted by Gasteiger charge is 2.30. The van der Waals surface area contributed by atoms with Crippen molar-refractivity contribution in [2.75, 3.05) is 0 Å². The normalized spacial score (nSPS) is 11.3. The fourth-order valence-electron chi connectivity index (χ4n) is 2.23. The van der Waals surface area contributed by atoms with Gasteiger partial charge in [-0.15, -0.1) is 0 Å². The van der Waals surface area contributed by atoms with Gasteiger partial charge in [-0.2, -0.15) is 17.5 Å². The first kappa shape index (κ1) is 15.6. The van der Waals surface area contributed by atoms with Gasteiger partial charge in [0.05, 0.1) is 16.0 Å². The number of halogens is 3. The number of aromatic nitrogens is 1. The van der Waals surface area contributed by atoms with Gasteiger partial charge in [0.25, 0.3) is 0 Å². The van der Waals surface area contributed by atoms with Crippen molar-refractivity contribution < 1.29 is 13.2 Å². The van der Waals surface area contributed by atoms with E-state index in [0.29, 0.717) is 11.3 Å². The van der Waals surface area contributed by atoms with Crippen LogP contribution in [0.25, 0.3) is 21.3 Å². The molecule has 2 aromatic carbocycles. The van der Waals surface area contributed by atoms with Crippen molar-refractivity contribution >= 4 is 21.6 Å². The average Bonchev–Trinajstić information content (AvgIpc) is 2.95. The van der Waals surface area contributed by atoms with Gasteiger partial charge in [-0.3, -0.25) is 0 Å². The minimum absolute atomic E-state index is 0.655. The zero-order chi connectivity index (χ0) is 16.4. The lowest BCUT2D eigenvalue weighted by Gasteiger charge is -2.06. The van der Waals surface area contributed by atoms with Gasteiger partial charge in [0.1, 0.15) is 0 Å². The van der Waals surface area contributed by atoms with Gasteiger partial charge in [-0.25, -0.2) is 0 Å². The Hall–Kier alpha value is -2.32. The summed E-state index contributed by atoms with van der Waals surface area (Å²) in [6.07, 6.45) is -3.53. The van der Waals surface area contributed by atoms with E-state index in [0.717, 1.165) is 34.2 Å². The molecule has 1 aromatic heterocycles. The summed E-state index contributed by atoms with van der Waals surface area (Å²) in [5.41, 5.74) is 1.64. The molecule has 0 aliphatic rings. The number of hydrogen-bond donors (Lipinski definition) is 0. The first-order chi connectivity index (χ1) is 11.0. The van der Waals surface area contributed by atoms with Crippen molar-refractivity contribution in [2.45, 2.75) is 19.5 Å². The van der Waals surface area contributed by atoms with Crippen LogP contribution >= 0.6 is 11.5 Å². The molecule has 23 heavy (non-hydrogen) atoms. The Morgan fingerprint density at radius 3 is 2.48 bits per heavy atom. The Labute approximate surface area is 135 Å². The predicted octanol–water partition coefficient (Wildman–Crippen LogP) is 5.74. The molecule has 0 fully saturated rings. The molecule has 0 aliphatic carbocycles. The van der Waals surface area contributed by atoms with Gasteiger partial charge in [-0.05, 0) is 35.8 Å². The maximum atomic E-state index is 12.6. The molecular formula is C18H12F3NS. The van der Waals surface area contributed by atoms with E-state index in [2.05, 4.69) is 16.2 Å². The van der Waals surface area contributed by atoms with E-state index in [4.69, 9.17) is 0 Å². The lowest BCUT2D eigenvalue weighted by Crippen LogP contribution is -2.03. The summed E-state index contributed by atoms with van der Waals surface area (Å²) in [5.74, 6) is 6.08. The molecule has 1 nitrogen and oxygen atoms in total. The third-order valence-electron chi connectivity index (χ3n) is 3.37. The van der Waals surface area contributed by atoms with E-state index in [-0.39, 0.29) is 0 Å². The lowest BCUT2D eigenvalue weighted by atomic mass is 10.0. The van der Waals surface area contributed by atoms with Crippen LogP contribution in [0.5, 0.6) is 0 Å². The van der Waals surface area contributed by atoms with Crippen molar-refractivity contribution in [1.29, 1.82) is 0 Å². The van der Waals surface area contributed by atoms with Gasteiger partial charge in [0, 0.05) is 22.9 Å². The van der Waals surface area contributed by atoms with Crippen LogP contribution < -0.4 is 0 Å². The molecule has 0 bridgehead atoms. The molecule has 0 N–H and O–H groups in total. The monoisotopic (exact) mass is 331 g/mol. The van der Waals surface area contributed by atoms with E-state index in [9.17, 15) is 13.2 Å². The quantitative estimate of drug-likeness (QED) is 0.518. The molecule has 0 aliphatic heterocycles. The van der Waals surface area contributed by atoms with Crippen LogP contribution in [0.15, 0.2) is 42.5 Å². The summed E-state index contributed by atoms with van der Waals surface area (Å²) in [4.78, 5) is 0. The second-order valence-corrected chi connectivity index (χ2v) is 5.78. The topological polar surface area (TPSA) is 12.9 Å². The van der Waals surface area contributed by atoms with Crippen LogP contribution in [-0.2, 0) is 6.18 Å². The Morgan fingerprint density at radius 1 is 1.09 bits per heavy atom. The van der Waals surface area contributed by atoms with E-state index in [1.54, 1.807) is 0 Å². The van der Waals surface area contributed by atoms with E-state index < -0.39 is 11.7 Å². The van der Waals surface area contributed by atoms with Crippen LogP contribution in [0.1, 0.15) is 24.5 Å². The third-order valence-corrected chi connectivity index (χ3v) is 4.18. The Bertz CT molecular complexity index is 896. The van der Waals surface area contributed by atoms with Crippen LogP contribution in [0, 0.1) is 11.8 Å². The Morgan fingerprint density at radius 2 is 1.83 bits per heavy atom. The van der Waals surface area contributed by atoms with Crippen molar-refractivity contribution in [1.82, 2.24) is 4.37 Å². The highest BCUT2D eigenvalue weighted by molar-refractivity contribution is 7.13. The van der Waals surface area contributed by atoms with Gasteiger partial charge in [0.15, 0.2) is 0 Å². The molecule has 0 unspecified atom stereocenters. The second-order valence-electron chi connectivity index (χ2n) is 4.97.